The quantitative estimate of drug-likeness (QED) is 0.524. The van der Waals surface area contributed by atoms with E-state index in [2.05, 4.69) is 10.2 Å². The number of hydrogen-bond donors (Lipinski definition) is 1. The van der Waals surface area contributed by atoms with E-state index >= 15 is 0 Å². The number of nitrogens with zero attached hydrogens (tertiary/aromatic N) is 2. The first kappa shape index (κ1) is 22.9. The summed E-state index contributed by atoms with van der Waals surface area (Å²) in [6.07, 6.45) is 3.35. The second kappa shape index (κ2) is 10.0. The summed E-state index contributed by atoms with van der Waals surface area (Å²) in [5.41, 5.74) is 1.35. The van der Waals surface area contributed by atoms with Crippen LogP contribution in [-0.2, 0) is 6.54 Å². The first-order valence-corrected chi connectivity index (χ1v) is 10.3. The second-order valence-electron chi connectivity index (χ2n) is 7.74. The van der Waals surface area contributed by atoms with E-state index in [1.165, 1.54) is 43.2 Å². The number of nitrogens with one attached hydrogen (secondary N) is 1. The van der Waals surface area contributed by atoms with Crippen LogP contribution in [0.15, 0.2) is 42.5 Å². The Kier molecular flexibility index (Phi) is 7.41. The molecule has 0 bridgehead atoms. The Bertz CT molecular complexity index is 992. The topological polar surface area (TPSA) is 69.7 Å². The Hall–Kier alpha value is -2.77. The van der Waals surface area contributed by atoms with Crippen LogP contribution in [0, 0.1) is 5.82 Å². The Balaban J connectivity index is 0.00000272. The van der Waals surface area contributed by atoms with Gasteiger partial charge in [-0.1, -0.05) is 12.1 Å². The van der Waals surface area contributed by atoms with Gasteiger partial charge in [0.1, 0.15) is 5.82 Å². The highest BCUT2D eigenvalue weighted by Gasteiger charge is 2.36. The number of rotatable bonds is 7. The predicted molar refractivity (Wildman–Crippen MR) is 117 cm³/mol. The van der Waals surface area contributed by atoms with Gasteiger partial charge in [0.15, 0.2) is 0 Å². The molecule has 1 N–H and O–H groups in total. The average molecular weight is 446 g/mol. The van der Waals surface area contributed by atoms with Gasteiger partial charge in [0.25, 0.3) is 17.7 Å². The summed E-state index contributed by atoms with van der Waals surface area (Å²) in [6.45, 7) is 3.77. The van der Waals surface area contributed by atoms with E-state index < -0.39 is 17.6 Å². The van der Waals surface area contributed by atoms with Crippen molar-refractivity contribution >= 4 is 30.1 Å². The van der Waals surface area contributed by atoms with Crippen molar-refractivity contribution < 1.29 is 18.8 Å². The molecule has 4 rings (SSSR count). The van der Waals surface area contributed by atoms with E-state index in [9.17, 15) is 18.8 Å². The number of amides is 3. The van der Waals surface area contributed by atoms with Gasteiger partial charge in [0, 0.05) is 12.1 Å². The van der Waals surface area contributed by atoms with E-state index in [1.807, 2.05) is 0 Å². The summed E-state index contributed by atoms with van der Waals surface area (Å²) in [5, 5.41) is 2.88. The number of imide groups is 1. The van der Waals surface area contributed by atoms with Crippen LogP contribution in [0.1, 0.15) is 55.9 Å². The van der Waals surface area contributed by atoms with Gasteiger partial charge in [0.2, 0.25) is 0 Å². The van der Waals surface area contributed by atoms with Gasteiger partial charge in [-0.2, -0.15) is 0 Å². The summed E-state index contributed by atoms with van der Waals surface area (Å²) < 4.78 is 13.4. The first-order chi connectivity index (χ1) is 14.5. The lowest BCUT2D eigenvalue weighted by molar-refractivity contribution is 0.0642. The molecule has 0 atom stereocenters. The fourth-order valence-electron chi connectivity index (χ4n) is 4.01. The van der Waals surface area contributed by atoms with Crippen molar-refractivity contribution in [3.05, 3.63) is 70.5 Å². The van der Waals surface area contributed by atoms with Gasteiger partial charge in [-0.15, -0.1) is 12.4 Å². The Morgan fingerprint density at radius 3 is 2.48 bits per heavy atom. The van der Waals surface area contributed by atoms with E-state index in [-0.39, 0.29) is 36.0 Å². The highest BCUT2D eigenvalue weighted by Crippen LogP contribution is 2.26. The van der Waals surface area contributed by atoms with Gasteiger partial charge in [0.05, 0.1) is 17.7 Å². The van der Waals surface area contributed by atoms with Crippen LogP contribution in [0.3, 0.4) is 0 Å². The molecule has 31 heavy (non-hydrogen) atoms. The maximum absolute atomic E-state index is 13.4. The number of carbonyl (C=O) groups excluding carboxylic acids is 3. The van der Waals surface area contributed by atoms with E-state index in [1.54, 1.807) is 12.1 Å². The normalized spacial score (nSPS) is 15.7. The summed E-state index contributed by atoms with van der Waals surface area (Å²) in [4.78, 5) is 41.3. The molecular weight excluding hydrogens is 421 g/mol. The van der Waals surface area contributed by atoms with Gasteiger partial charge in [-0.05, 0) is 74.8 Å². The molecule has 0 aliphatic carbocycles. The molecule has 1 fully saturated rings. The lowest BCUT2D eigenvalue weighted by atomic mass is 10.1. The van der Waals surface area contributed by atoms with Crippen LogP contribution in [0.2, 0.25) is 0 Å². The number of carbonyl (C=O) groups is 3. The van der Waals surface area contributed by atoms with Gasteiger partial charge < -0.3 is 10.2 Å². The monoisotopic (exact) mass is 445 g/mol. The minimum atomic E-state index is -0.469. The Morgan fingerprint density at radius 2 is 1.74 bits per heavy atom. The molecule has 2 aromatic carbocycles. The minimum absolute atomic E-state index is 0. The molecular formula is C23H25ClFN3O3. The van der Waals surface area contributed by atoms with Crippen molar-refractivity contribution in [1.29, 1.82) is 0 Å². The summed E-state index contributed by atoms with van der Waals surface area (Å²) in [6, 6.07) is 10.3. The van der Waals surface area contributed by atoms with Crippen LogP contribution in [-0.4, -0.2) is 53.7 Å². The molecule has 2 heterocycles. The van der Waals surface area contributed by atoms with Gasteiger partial charge in [-0.25, -0.2) is 4.39 Å². The molecule has 2 aliphatic heterocycles. The predicted octanol–water partition coefficient (Wildman–Crippen LogP) is 3.26. The number of likely N-dealkylation sites (tertiary alicyclic amines) is 1. The van der Waals surface area contributed by atoms with Crippen LogP contribution in [0.4, 0.5) is 4.39 Å². The SMILES string of the molecule is Cl.O=C(NCCCN1CCCC1)c1ccc2c(c1)C(=O)N(Cc1cccc(F)c1)C2=O. The maximum Gasteiger partial charge on any atom is 0.261 e. The van der Waals surface area contributed by atoms with Gasteiger partial charge >= 0.3 is 0 Å². The molecule has 164 valence electrons. The number of benzene rings is 2. The lowest BCUT2D eigenvalue weighted by Gasteiger charge is -2.14. The Labute approximate surface area is 186 Å². The van der Waals surface area contributed by atoms with Gasteiger partial charge in [-0.3, -0.25) is 19.3 Å². The lowest BCUT2D eigenvalue weighted by Crippen LogP contribution is -2.29. The van der Waals surface area contributed by atoms with Crippen molar-refractivity contribution in [2.24, 2.45) is 0 Å². The van der Waals surface area contributed by atoms with Crippen molar-refractivity contribution in [2.45, 2.75) is 25.8 Å². The number of fused-ring (bicyclic) bond motifs is 1. The third-order valence-electron chi connectivity index (χ3n) is 5.60. The molecule has 0 unspecified atom stereocenters. The average Bonchev–Trinajstić information content (AvgIpc) is 3.34. The first-order valence-electron chi connectivity index (χ1n) is 10.3. The molecule has 3 amide bonds. The van der Waals surface area contributed by atoms with Crippen LogP contribution in [0.5, 0.6) is 0 Å². The molecule has 2 aromatic rings. The zero-order chi connectivity index (χ0) is 21.1. The van der Waals surface area contributed by atoms with Crippen molar-refractivity contribution in [2.75, 3.05) is 26.2 Å². The maximum atomic E-state index is 13.4. The van der Waals surface area contributed by atoms with E-state index in [0.717, 1.165) is 31.0 Å². The molecule has 0 radical (unpaired) electrons. The highest BCUT2D eigenvalue weighted by molar-refractivity contribution is 6.22. The second-order valence-corrected chi connectivity index (χ2v) is 7.74. The zero-order valence-corrected chi connectivity index (χ0v) is 17.9. The molecule has 2 aliphatic rings. The van der Waals surface area contributed by atoms with Crippen molar-refractivity contribution in [3.63, 3.8) is 0 Å². The molecule has 0 saturated carbocycles. The van der Waals surface area contributed by atoms with E-state index in [4.69, 9.17) is 0 Å². The molecule has 6 nitrogen and oxygen atoms in total. The summed E-state index contributed by atoms with van der Waals surface area (Å²) >= 11 is 0. The van der Waals surface area contributed by atoms with Crippen molar-refractivity contribution in [1.82, 2.24) is 15.1 Å². The van der Waals surface area contributed by atoms with Crippen LogP contribution >= 0.6 is 12.4 Å². The summed E-state index contributed by atoms with van der Waals surface area (Å²) in [5.74, 6) is -1.59. The zero-order valence-electron chi connectivity index (χ0n) is 17.1. The molecule has 0 aromatic heterocycles. The van der Waals surface area contributed by atoms with Crippen molar-refractivity contribution in [3.8, 4) is 0 Å². The highest BCUT2D eigenvalue weighted by atomic mass is 35.5. The third kappa shape index (κ3) is 5.11. The largest absolute Gasteiger partial charge is 0.352 e. The Morgan fingerprint density at radius 1 is 1.00 bits per heavy atom. The van der Waals surface area contributed by atoms with E-state index in [0.29, 0.717) is 17.7 Å². The van der Waals surface area contributed by atoms with Crippen LogP contribution < -0.4 is 5.32 Å². The smallest absolute Gasteiger partial charge is 0.261 e. The molecule has 1 saturated heterocycles. The molecule has 0 spiro atoms. The number of halogens is 2. The standard InChI is InChI=1S/C23H24FN3O3.ClH/c24-18-6-3-5-16(13-18)15-27-22(29)19-8-7-17(14-20(19)23(27)30)21(28)25-9-4-12-26-10-1-2-11-26;/h3,5-8,13-14H,1-2,4,9-12,15H2,(H,25,28);1H. The fourth-order valence-corrected chi connectivity index (χ4v) is 4.01. The van der Waals surface area contributed by atoms with Crippen LogP contribution in [0.25, 0.3) is 0 Å². The minimum Gasteiger partial charge on any atom is -0.352 e. The molecule has 8 heteroatoms. The number of hydrogen-bond acceptors (Lipinski definition) is 4. The summed E-state index contributed by atoms with van der Waals surface area (Å²) in [7, 11) is 0. The fraction of sp³-hybridized carbons (Fsp3) is 0.348. The third-order valence-corrected chi connectivity index (χ3v) is 5.60.